The van der Waals surface area contributed by atoms with E-state index in [1.807, 2.05) is 12.1 Å². The third kappa shape index (κ3) is 4.00. The molecule has 0 radical (unpaired) electrons. The SMILES string of the molecule is CCCCN(CC)c1ccc([C@@H](C)O)cc1Br. The topological polar surface area (TPSA) is 23.5 Å². The predicted octanol–water partition coefficient (Wildman–Crippen LogP) is 4.13. The predicted molar refractivity (Wildman–Crippen MR) is 77.6 cm³/mol. The summed E-state index contributed by atoms with van der Waals surface area (Å²) in [5.74, 6) is 0. The van der Waals surface area contributed by atoms with Crippen LogP contribution < -0.4 is 4.90 Å². The van der Waals surface area contributed by atoms with Gasteiger partial charge in [0.25, 0.3) is 0 Å². The normalized spacial score (nSPS) is 12.5. The van der Waals surface area contributed by atoms with Crippen LogP contribution in [0.15, 0.2) is 22.7 Å². The van der Waals surface area contributed by atoms with Gasteiger partial charge in [-0.3, -0.25) is 0 Å². The molecule has 1 rings (SSSR count). The Labute approximate surface area is 113 Å². The number of rotatable bonds is 6. The number of hydrogen-bond donors (Lipinski definition) is 1. The van der Waals surface area contributed by atoms with E-state index in [2.05, 4.69) is 40.7 Å². The van der Waals surface area contributed by atoms with Crippen molar-refractivity contribution in [1.29, 1.82) is 0 Å². The molecule has 0 bridgehead atoms. The highest BCUT2D eigenvalue weighted by molar-refractivity contribution is 9.10. The quantitative estimate of drug-likeness (QED) is 0.854. The minimum atomic E-state index is -0.411. The van der Waals surface area contributed by atoms with Crippen LogP contribution in [0.3, 0.4) is 0 Å². The highest BCUT2D eigenvalue weighted by Gasteiger charge is 2.10. The molecular formula is C14H22BrNO. The maximum atomic E-state index is 9.54. The summed E-state index contributed by atoms with van der Waals surface area (Å²) < 4.78 is 1.06. The third-order valence-electron chi connectivity index (χ3n) is 2.96. The van der Waals surface area contributed by atoms with Gasteiger partial charge >= 0.3 is 0 Å². The molecule has 2 nitrogen and oxygen atoms in total. The van der Waals surface area contributed by atoms with Gasteiger partial charge in [0.15, 0.2) is 0 Å². The van der Waals surface area contributed by atoms with E-state index in [1.54, 1.807) is 6.92 Å². The minimum absolute atomic E-state index is 0.411. The Morgan fingerprint density at radius 3 is 2.53 bits per heavy atom. The van der Waals surface area contributed by atoms with Crippen molar-refractivity contribution in [3.8, 4) is 0 Å². The van der Waals surface area contributed by atoms with Crippen LogP contribution in [0.2, 0.25) is 0 Å². The Morgan fingerprint density at radius 2 is 2.06 bits per heavy atom. The van der Waals surface area contributed by atoms with Gasteiger partial charge in [0.1, 0.15) is 0 Å². The van der Waals surface area contributed by atoms with Crippen molar-refractivity contribution in [2.24, 2.45) is 0 Å². The molecule has 0 unspecified atom stereocenters. The number of anilines is 1. The van der Waals surface area contributed by atoms with Crippen LogP contribution in [0.25, 0.3) is 0 Å². The lowest BCUT2D eigenvalue weighted by molar-refractivity contribution is 0.199. The van der Waals surface area contributed by atoms with Crippen LogP contribution >= 0.6 is 15.9 Å². The first kappa shape index (κ1) is 14.5. The summed E-state index contributed by atoms with van der Waals surface area (Å²) in [4.78, 5) is 2.36. The molecule has 1 N–H and O–H groups in total. The second-order valence-corrected chi connectivity index (χ2v) is 5.17. The summed E-state index contributed by atoms with van der Waals surface area (Å²) in [5.41, 5.74) is 2.16. The lowest BCUT2D eigenvalue weighted by Crippen LogP contribution is -2.24. The molecule has 1 aromatic carbocycles. The fourth-order valence-electron chi connectivity index (χ4n) is 1.84. The molecule has 0 fully saturated rings. The smallest absolute Gasteiger partial charge is 0.0762 e. The Kier molecular flexibility index (Phi) is 6.00. The van der Waals surface area contributed by atoms with Crippen LogP contribution in [0, 0.1) is 0 Å². The van der Waals surface area contributed by atoms with Gasteiger partial charge in [-0.1, -0.05) is 19.4 Å². The van der Waals surface area contributed by atoms with Crippen molar-refractivity contribution < 1.29 is 5.11 Å². The molecule has 0 heterocycles. The summed E-state index contributed by atoms with van der Waals surface area (Å²) in [6.45, 7) is 8.26. The maximum Gasteiger partial charge on any atom is 0.0762 e. The molecule has 0 aromatic heterocycles. The second-order valence-electron chi connectivity index (χ2n) is 4.32. The fraction of sp³-hybridized carbons (Fsp3) is 0.571. The van der Waals surface area contributed by atoms with E-state index in [9.17, 15) is 5.11 Å². The van der Waals surface area contributed by atoms with E-state index in [0.29, 0.717) is 0 Å². The second kappa shape index (κ2) is 7.02. The minimum Gasteiger partial charge on any atom is -0.389 e. The number of nitrogens with zero attached hydrogens (tertiary/aromatic N) is 1. The molecule has 0 aliphatic rings. The molecule has 0 amide bonds. The lowest BCUT2D eigenvalue weighted by atomic mass is 10.1. The molecule has 17 heavy (non-hydrogen) atoms. The van der Waals surface area contributed by atoms with Crippen molar-refractivity contribution in [2.75, 3.05) is 18.0 Å². The number of benzene rings is 1. The molecule has 3 heteroatoms. The fourth-order valence-corrected chi connectivity index (χ4v) is 2.48. The van der Waals surface area contributed by atoms with Gasteiger partial charge in [-0.15, -0.1) is 0 Å². The summed E-state index contributed by atoms with van der Waals surface area (Å²) in [7, 11) is 0. The van der Waals surface area contributed by atoms with Crippen molar-refractivity contribution in [3.05, 3.63) is 28.2 Å². The zero-order chi connectivity index (χ0) is 12.8. The van der Waals surface area contributed by atoms with E-state index in [0.717, 1.165) is 23.1 Å². The van der Waals surface area contributed by atoms with Gasteiger partial charge in [-0.05, 0) is 53.9 Å². The van der Waals surface area contributed by atoms with Crippen LogP contribution in [0.4, 0.5) is 5.69 Å². The van der Waals surface area contributed by atoms with Crippen LogP contribution in [-0.4, -0.2) is 18.2 Å². The molecule has 0 spiro atoms. The molecular weight excluding hydrogens is 278 g/mol. The van der Waals surface area contributed by atoms with E-state index in [4.69, 9.17) is 0 Å². The Morgan fingerprint density at radius 1 is 1.35 bits per heavy atom. The van der Waals surface area contributed by atoms with Crippen molar-refractivity contribution in [1.82, 2.24) is 0 Å². The average molecular weight is 300 g/mol. The molecule has 0 saturated carbocycles. The summed E-state index contributed by atoms with van der Waals surface area (Å²) in [6.07, 6.45) is 2.00. The van der Waals surface area contributed by atoms with E-state index < -0.39 is 6.10 Å². The van der Waals surface area contributed by atoms with Crippen LogP contribution in [0.1, 0.15) is 45.3 Å². The number of aliphatic hydroxyl groups excluding tert-OH is 1. The molecule has 0 saturated heterocycles. The molecule has 96 valence electrons. The summed E-state index contributed by atoms with van der Waals surface area (Å²) in [6, 6.07) is 6.10. The molecule has 1 aromatic rings. The van der Waals surface area contributed by atoms with Crippen LogP contribution in [-0.2, 0) is 0 Å². The first-order valence-electron chi connectivity index (χ1n) is 6.32. The monoisotopic (exact) mass is 299 g/mol. The van der Waals surface area contributed by atoms with Crippen LogP contribution in [0.5, 0.6) is 0 Å². The molecule has 0 aliphatic heterocycles. The van der Waals surface area contributed by atoms with E-state index >= 15 is 0 Å². The zero-order valence-corrected chi connectivity index (χ0v) is 12.5. The van der Waals surface area contributed by atoms with E-state index in [1.165, 1.54) is 18.5 Å². The largest absolute Gasteiger partial charge is 0.389 e. The number of halogens is 1. The van der Waals surface area contributed by atoms with Crippen molar-refractivity contribution in [3.63, 3.8) is 0 Å². The Hall–Kier alpha value is -0.540. The Balaban J connectivity index is 2.88. The highest BCUT2D eigenvalue weighted by Crippen LogP contribution is 2.29. The number of aliphatic hydroxyl groups is 1. The molecule has 1 atom stereocenters. The highest BCUT2D eigenvalue weighted by atomic mass is 79.9. The third-order valence-corrected chi connectivity index (χ3v) is 3.59. The van der Waals surface area contributed by atoms with Gasteiger partial charge in [-0.25, -0.2) is 0 Å². The average Bonchev–Trinajstić information content (AvgIpc) is 2.31. The van der Waals surface area contributed by atoms with Gasteiger partial charge in [-0.2, -0.15) is 0 Å². The first-order chi connectivity index (χ1) is 8.10. The summed E-state index contributed by atoms with van der Waals surface area (Å²) in [5, 5.41) is 9.54. The lowest BCUT2D eigenvalue weighted by Gasteiger charge is -2.24. The van der Waals surface area contributed by atoms with Gasteiger partial charge in [0, 0.05) is 17.6 Å². The first-order valence-corrected chi connectivity index (χ1v) is 7.11. The molecule has 0 aliphatic carbocycles. The van der Waals surface area contributed by atoms with Crippen molar-refractivity contribution >= 4 is 21.6 Å². The Bertz CT molecular complexity index is 352. The standard InChI is InChI=1S/C14H22BrNO/c1-4-6-9-16(5-2)14-8-7-12(11(3)17)10-13(14)15/h7-8,10-11,17H,4-6,9H2,1-3H3/t11-/m1/s1. The summed E-state index contributed by atoms with van der Waals surface area (Å²) >= 11 is 3.60. The van der Waals surface area contributed by atoms with E-state index in [-0.39, 0.29) is 0 Å². The number of hydrogen-bond acceptors (Lipinski definition) is 2. The van der Waals surface area contributed by atoms with Gasteiger partial charge in [0.2, 0.25) is 0 Å². The number of unbranched alkanes of at least 4 members (excludes halogenated alkanes) is 1. The van der Waals surface area contributed by atoms with Gasteiger partial charge in [0.05, 0.1) is 11.8 Å². The van der Waals surface area contributed by atoms with Gasteiger partial charge < -0.3 is 10.0 Å². The van der Waals surface area contributed by atoms with Crippen molar-refractivity contribution in [2.45, 2.75) is 39.7 Å². The maximum absolute atomic E-state index is 9.54. The zero-order valence-electron chi connectivity index (χ0n) is 10.9.